The van der Waals surface area contributed by atoms with Crippen LogP contribution in [0.4, 0.5) is 0 Å². The lowest BCUT2D eigenvalue weighted by Gasteiger charge is -2.37. The zero-order valence-electron chi connectivity index (χ0n) is 12.0. The first-order valence-corrected chi connectivity index (χ1v) is 8.80. The van der Waals surface area contributed by atoms with Crippen LogP contribution in [0.2, 0.25) is 0 Å². The van der Waals surface area contributed by atoms with Gasteiger partial charge in [-0.05, 0) is 19.4 Å². The number of piperidine rings is 2. The van der Waals surface area contributed by atoms with Crippen LogP contribution < -0.4 is 10.0 Å². The molecule has 1 unspecified atom stereocenters. The highest BCUT2D eigenvalue weighted by molar-refractivity contribution is 7.87. The van der Waals surface area contributed by atoms with Crippen molar-refractivity contribution in [2.24, 2.45) is 0 Å². The molecule has 0 bridgehead atoms. The fraction of sp³-hybridized carbons (Fsp3) is 1.00. The number of hydrogen-bond donors (Lipinski definition) is 2. The van der Waals surface area contributed by atoms with Crippen molar-refractivity contribution >= 4 is 22.6 Å². The summed E-state index contributed by atoms with van der Waals surface area (Å²) in [6, 6.07) is 0.00335. The predicted octanol–water partition coefficient (Wildman–Crippen LogP) is -0.166. The second kappa shape index (κ2) is 7.08. The van der Waals surface area contributed by atoms with E-state index < -0.39 is 16.0 Å². The van der Waals surface area contributed by atoms with Gasteiger partial charge >= 0.3 is 0 Å². The van der Waals surface area contributed by atoms with Crippen LogP contribution in [0.3, 0.4) is 0 Å². The molecule has 3 aliphatic rings. The molecule has 3 fully saturated rings. The molecule has 0 aromatic carbocycles. The summed E-state index contributed by atoms with van der Waals surface area (Å²) in [5.74, 6) is -0.529. The maximum Gasteiger partial charge on any atom is 0.279 e. The average Bonchev–Trinajstić information content (AvgIpc) is 2.88. The van der Waals surface area contributed by atoms with Gasteiger partial charge in [-0.3, -0.25) is 0 Å². The van der Waals surface area contributed by atoms with Crippen LogP contribution in [0.15, 0.2) is 0 Å². The van der Waals surface area contributed by atoms with Crippen LogP contribution in [0.5, 0.6) is 0 Å². The maximum atomic E-state index is 12.4. The minimum atomic E-state index is -3.40. The van der Waals surface area contributed by atoms with Gasteiger partial charge in [0.25, 0.3) is 10.2 Å². The molecule has 3 aliphatic heterocycles. The first-order chi connectivity index (χ1) is 9.60. The van der Waals surface area contributed by atoms with Crippen molar-refractivity contribution in [1.29, 1.82) is 0 Å². The normalized spacial score (nSPS) is 30.2. The molecule has 0 aromatic rings. The van der Waals surface area contributed by atoms with Crippen molar-refractivity contribution < 1.29 is 17.9 Å². The third-order valence-electron chi connectivity index (χ3n) is 4.25. The summed E-state index contributed by atoms with van der Waals surface area (Å²) in [5, 5.41) is 3.21. The standard InChI is InChI=1S/C12H23N3O4S.ClH/c16-20(17,14-11-2-1-5-13-10-11)15-6-3-12(4-7-15)18-8-9-19-12;/h11,13-14H,1-10H2;1H. The predicted molar refractivity (Wildman–Crippen MR) is 80.6 cm³/mol. The van der Waals surface area contributed by atoms with Crippen molar-refractivity contribution in [1.82, 2.24) is 14.3 Å². The van der Waals surface area contributed by atoms with E-state index in [1.54, 1.807) is 0 Å². The van der Waals surface area contributed by atoms with Gasteiger partial charge in [0.1, 0.15) is 0 Å². The Kier molecular flexibility index (Phi) is 5.86. The lowest BCUT2D eigenvalue weighted by atomic mass is 10.1. The molecule has 2 N–H and O–H groups in total. The zero-order valence-corrected chi connectivity index (χ0v) is 13.7. The van der Waals surface area contributed by atoms with Gasteiger partial charge in [-0.2, -0.15) is 17.4 Å². The van der Waals surface area contributed by atoms with Crippen LogP contribution in [0, 0.1) is 0 Å². The Morgan fingerprint density at radius 2 is 1.86 bits per heavy atom. The van der Waals surface area contributed by atoms with Gasteiger partial charge in [-0.25, -0.2) is 0 Å². The van der Waals surface area contributed by atoms with Gasteiger partial charge in [0.2, 0.25) is 0 Å². The van der Waals surface area contributed by atoms with Crippen LogP contribution in [0.25, 0.3) is 0 Å². The van der Waals surface area contributed by atoms with Crippen molar-refractivity contribution in [3.63, 3.8) is 0 Å². The van der Waals surface area contributed by atoms with E-state index >= 15 is 0 Å². The van der Waals surface area contributed by atoms with Gasteiger partial charge in [0.15, 0.2) is 5.79 Å². The quantitative estimate of drug-likeness (QED) is 0.745. The van der Waals surface area contributed by atoms with E-state index in [1.165, 1.54) is 4.31 Å². The fourth-order valence-electron chi connectivity index (χ4n) is 3.09. The topological polar surface area (TPSA) is 79.9 Å². The van der Waals surface area contributed by atoms with E-state index in [0.29, 0.717) is 45.7 Å². The molecule has 7 nitrogen and oxygen atoms in total. The summed E-state index contributed by atoms with van der Waals surface area (Å²) < 4.78 is 40.3. The summed E-state index contributed by atoms with van der Waals surface area (Å²) in [6.07, 6.45) is 3.13. The largest absolute Gasteiger partial charge is 0.347 e. The van der Waals surface area contributed by atoms with E-state index in [4.69, 9.17) is 9.47 Å². The number of ether oxygens (including phenoxy) is 2. The monoisotopic (exact) mass is 341 g/mol. The number of rotatable bonds is 3. The Morgan fingerprint density at radius 3 is 2.43 bits per heavy atom. The minimum absolute atomic E-state index is 0. The highest BCUT2D eigenvalue weighted by atomic mass is 35.5. The van der Waals surface area contributed by atoms with Crippen molar-refractivity contribution in [3.8, 4) is 0 Å². The van der Waals surface area contributed by atoms with Gasteiger partial charge < -0.3 is 14.8 Å². The SMILES string of the molecule is Cl.O=S(=O)(NC1CCCNC1)N1CCC2(CC1)OCCO2. The molecule has 3 rings (SSSR count). The molecule has 124 valence electrons. The molecule has 0 radical (unpaired) electrons. The van der Waals surface area contributed by atoms with Crippen LogP contribution in [-0.4, -0.2) is 63.9 Å². The Balaban J connectivity index is 0.00000161. The van der Waals surface area contributed by atoms with E-state index in [1.807, 2.05) is 0 Å². The van der Waals surface area contributed by atoms with Crippen LogP contribution >= 0.6 is 12.4 Å². The number of hydrogen-bond acceptors (Lipinski definition) is 5. The molecular formula is C12H24ClN3O4S. The van der Waals surface area contributed by atoms with E-state index in [0.717, 1.165) is 19.4 Å². The number of halogens is 1. The zero-order chi connectivity index (χ0) is 14.1. The van der Waals surface area contributed by atoms with Gasteiger partial charge in [-0.1, -0.05) is 0 Å². The molecule has 0 saturated carbocycles. The third-order valence-corrected chi connectivity index (χ3v) is 5.93. The molecule has 0 aromatic heterocycles. The maximum absolute atomic E-state index is 12.4. The van der Waals surface area contributed by atoms with Crippen molar-refractivity contribution in [2.75, 3.05) is 39.4 Å². The van der Waals surface area contributed by atoms with Crippen LogP contribution in [-0.2, 0) is 19.7 Å². The number of nitrogens with one attached hydrogen (secondary N) is 2. The Labute approximate surface area is 132 Å². The third kappa shape index (κ3) is 4.07. The molecular weight excluding hydrogens is 318 g/mol. The number of nitrogens with zero attached hydrogens (tertiary/aromatic N) is 1. The summed E-state index contributed by atoms with van der Waals surface area (Å²) >= 11 is 0. The van der Waals surface area contributed by atoms with E-state index in [9.17, 15) is 8.42 Å². The van der Waals surface area contributed by atoms with Gasteiger partial charge in [-0.15, -0.1) is 12.4 Å². The summed E-state index contributed by atoms with van der Waals surface area (Å²) in [6.45, 7) is 3.81. The fourth-order valence-corrected chi connectivity index (χ4v) is 4.53. The molecule has 1 atom stereocenters. The van der Waals surface area contributed by atoms with Gasteiger partial charge in [0.05, 0.1) is 13.2 Å². The molecule has 0 aliphatic carbocycles. The summed E-state index contributed by atoms with van der Waals surface area (Å²) in [5.41, 5.74) is 0. The highest BCUT2D eigenvalue weighted by Crippen LogP contribution is 2.31. The summed E-state index contributed by atoms with van der Waals surface area (Å²) in [7, 11) is -3.40. The lowest BCUT2D eigenvalue weighted by molar-refractivity contribution is -0.179. The van der Waals surface area contributed by atoms with E-state index in [2.05, 4.69) is 10.0 Å². The second-order valence-corrected chi connectivity index (χ2v) is 7.38. The molecule has 1 spiro atoms. The lowest BCUT2D eigenvalue weighted by Crippen LogP contribution is -2.54. The van der Waals surface area contributed by atoms with E-state index in [-0.39, 0.29) is 18.4 Å². The molecule has 21 heavy (non-hydrogen) atoms. The Hall–Kier alpha value is 0.0400. The smallest absolute Gasteiger partial charge is 0.279 e. The summed E-state index contributed by atoms with van der Waals surface area (Å²) in [4.78, 5) is 0. The first-order valence-electron chi connectivity index (χ1n) is 7.36. The molecule has 3 saturated heterocycles. The second-order valence-electron chi connectivity index (χ2n) is 5.67. The first kappa shape index (κ1) is 17.4. The molecule has 9 heteroatoms. The van der Waals surface area contributed by atoms with Crippen LogP contribution in [0.1, 0.15) is 25.7 Å². The van der Waals surface area contributed by atoms with Gasteiger partial charge in [0, 0.05) is 38.5 Å². The molecule has 0 amide bonds. The Morgan fingerprint density at radius 1 is 1.19 bits per heavy atom. The molecule has 3 heterocycles. The Bertz CT molecular complexity index is 426. The average molecular weight is 342 g/mol. The van der Waals surface area contributed by atoms with Crippen molar-refractivity contribution in [2.45, 2.75) is 37.5 Å². The minimum Gasteiger partial charge on any atom is -0.347 e. The highest BCUT2D eigenvalue weighted by Gasteiger charge is 2.42. The van der Waals surface area contributed by atoms with Crippen molar-refractivity contribution in [3.05, 3.63) is 0 Å².